The quantitative estimate of drug-likeness (QED) is 0.589. The van der Waals surface area contributed by atoms with Gasteiger partial charge in [0.1, 0.15) is 0 Å². The van der Waals surface area contributed by atoms with Crippen LogP contribution in [-0.2, 0) is 22.7 Å². The highest BCUT2D eigenvalue weighted by atomic mass is 32.1. The number of hydrogen-bond donors (Lipinski definition) is 0. The Morgan fingerprint density at radius 1 is 1.07 bits per heavy atom. The predicted octanol–water partition coefficient (Wildman–Crippen LogP) is 4.56. The number of carbonyl (C=O) groups excluding carboxylic acids is 2. The summed E-state index contributed by atoms with van der Waals surface area (Å²) in [7, 11) is 0. The van der Waals surface area contributed by atoms with Gasteiger partial charge in [0.25, 0.3) is 0 Å². The third-order valence-corrected chi connectivity index (χ3v) is 6.15. The fourth-order valence-corrected chi connectivity index (χ4v) is 3.94. The second-order valence-electron chi connectivity index (χ2n) is 7.82. The number of amides is 2. The third-order valence-electron chi connectivity index (χ3n) is 5.29. The third kappa shape index (κ3) is 5.93. The first-order chi connectivity index (χ1) is 13.6. The minimum absolute atomic E-state index is 0.0227. The van der Waals surface area contributed by atoms with Crippen molar-refractivity contribution in [2.75, 3.05) is 13.1 Å². The normalized spacial score (nSPS) is 14.5. The zero-order chi connectivity index (χ0) is 19.9. The SMILES string of the molecule is CCC(C)CN(CC(=O)N(Cc1ccccc1)Cc1cccs1)C(=O)C1CC1. The van der Waals surface area contributed by atoms with E-state index in [2.05, 4.69) is 19.9 Å². The highest BCUT2D eigenvalue weighted by Gasteiger charge is 2.35. The van der Waals surface area contributed by atoms with Crippen molar-refractivity contribution in [2.24, 2.45) is 11.8 Å². The van der Waals surface area contributed by atoms with Gasteiger partial charge in [-0.25, -0.2) is 0 Å². The Morgan fingerprint density at radius 3 is 2.43 bits per heavy atom. The topological polar surface area (TPSA) is 40.6 Å². The number of benzene rings is 1. The van der Waals surface area contributed by atoms with Gasteiger partial charge in [-0.05, 0) is 35.8 Å². The largest absolute Gasteiger partial charge is 0.333 e. The maximum atomic E-state index is 13.2. The van der Waals surface area contributed by atoms with E-state index in [4.69, 9.17) is 0 Å². The van der Waals surface area contributed by atoms with Crippen molar-refractivity contribution in [3.8, 4) is 0 Å². The van der Waals surface area contributed by atoms with Crippen LogP contribution in [-0.4, -0.2) is 34.7 Å². The van der Waals surface area contributed by atoms with Gasteiger partial charge in [0.05, 0.1) is 13.1 Å². The molecule has 1 unspecified atom stereocenters. The number of hydrogen-bond acceptors (Lipinski definition) is 3. The first kappa shape index (κ1) is 20.6. The summed E-state index contributed by atoms with van der Waals surface area (Å²) in [6, 6.07) is 14.1. The van der Waals surface area contributed by atoms with Gasteiger partial charge in [0.15, 0.2) is 0 Å². The monoisotopic (exact) mass is 398 g/mol. The Morgan fingerprint density at radius 2 is 1.82 bits per heavy atom. The molecule has 4 nitrogen and oxygen atoms in total. The summed E-state index contributed by atoms with van der Waals surface area (Å²) in [6.45, 7) is 6.26. The van der Waals surface area contributed by atoms with Crippen LogP contribution in [0, 0.1) is 11.8 Å². The summed E-state index contributed by atoms with van der Waals surface area (Å²) < 4.78 is 0. The minimum Gasteiger partial charge on any atom is -0.333 e. The Bertz CT molecular complexity index is 756. The molecule has 1 aromatic carbocycles. The summed E-state index contributed by atoms with van der Waals surface area (Å²) in [4.78, 5) is 30.8. The zero-order valence-corrected chi connectivity index (χ0v) is 17.7. The summed E-state index contributed by atoms with van der Waals surface area (Å²) in [5.74, 6) is 0.714. The van der Waals surface area contributed by atoms with Gasteiger partial charge in [0.2, 0.25) is 11.8 Å². The van der Waals surface area contributed by atoms with Crippen LogP contribution in [0.25, 0.3) is 0 Å². The summed E-state index contributed by atoms with van der Waals surface area (Å²) in [5, 5.41) is 2.03. The Kier molecular flexibility index (Phi) is 7.26. The standard InChI is InChI=1S/C23H30N2O2S/c1-3-18(2)14-25(23(27)20-11-12-20)17-22(26)24(16-21-10-7-13-28-21)15-19-8-5-4-6-9-19/h4-10,13,18,20H,3,11-12,14-17H2,1-2H3. The highest BCUT2D eigenvalue weighted by molar-refractivity contribution is 7.09. The molecule has 1 fully saturated rings. The van der Waals surface area contributed by atoms with Crippen LogP contribution in [0.3, 0.4) is 0 Å². The fraction of sp³-hybridized carbons (Fsp3) is 0.478. The molecule has 0 aliphatic heterocycles. The molecule has 0 N–H and O–H groups in total. The molecule has 1 aliphatic rings. The molecule has 0 radical (unpaired) electrons. The van der Waals surface area contributed by atoms with Crippen molar-refractivity contribution in [3.63, 3.8) is 0 Å². The van der Waals surface area contributed by atoms with E-state index < -0.39 is 0 Å². The van der Waals surface area contributed by atoms with Crippen LogP contribution in [0.15, 0.2) is 47.8 Å². The van der Waals surface area contributed by atoms with E-state index >= 15 is 0 Å². The molecule has 1 aliphatic carbocycles. The molecule has 1 saturated carbocycles. The maximum Gasteiger partial charge on any atom is 0.242 e. The molecule has 0 saturated heterocycles. The van der Waals surface area contributed by atoms with Crippen LogP contribution in [0.5, 0.6) is 0 Å². The molecule has 0 spiro atoms. The molecule has 3 rings (SSSR count). The van der Waals surface area contributed by atoms with E-state index in [0.717, 1.165) is 29.7 Å². The molecule has 1 aromatic heterocycles. The van der Waals surface area contributed by atoms with Gasteiger partial charge in [-0.3, -0.25) is 9.59 Å². The molecule has 0 bridgehead atoms. The first-order valence-corrected chi connectivity index (χ1v) is 11.1. The van der Waals surface area contributed by atoms with E-state index in [1.54, 1.807) is 16.2 Å². The molecule has 150 valence electrons. The van der Waals surface area contributed by atoms with E-state index in [9.17, 15) is 9.59 Å². The zero-order valence-electron chi connectivity index (χ0n) is 16.8. The molecule has 1 atom stereocenters. The lowest BCUT2D eigenvalue weighted by Crippen LogP contribution is -2.44. The second kappa shape index (κ2) is 9.87. The Balaban J connectivity index is 1.72. The smallest absolute Gasteiger partial charge is 0.242 e. The lowest BCUT2D eigenvalue weighted by Gasteiger charge is -2.29. The first-order valence-electron chi connectivity index (χ1n) is 10.2. The summed E-state index contributed by atoms with van der Waals surface area (Å²) >= 11 is 1.66. The molecule has 2 aromatic rings. The Labute approximate surface area is 172 Å². The molecule has 28 heavy (non-hydrogen) atoms. The fourth-order valence-electron chi connectivity index (χ4n) is 3.22. The molecular weight excluding hydrogens is 368 g/mol. The average molecular weight is 399 g/mol. The lowest BCUT2D eigenvalue weighted by molar-refractivity contribution is -0.142. The van der Waals surface area contributed by atoms with E-state index in [0.29, 0.717) is 25.6 Å². The van der Waals surface area contributed by atoms with Gasteiger partial charge < -0.3 is 9.80 Å². The van der Waals surface area contributed by atoms with Crippen molar-refractivity contribution in [1.29, 1.82) is 0 Å². The van der Waals surface area contributed by atoms with Crippen molar-refractivity contribution >= 4 is 23.2 Å². The van der Waals surface area contributed by atoms with Crippen LogP contribution in [0.1, 0.15) is 43.6 Å². The molecule has 5 heteroatoms. The van der Waals surface area contributed by atoms with Gasteiger partial charge in [-0.15, -0.1) is 11.3 Å². The average Bonchev–Trinajstić information content (AvgIpc) is 3.43. The van der Waals surface area contributed by atoms with Gasteiger partial charge in [0, 0.05) is 23.9 Å². The summed E-state index contributed by atoms with van der Waals surface area (Å²) in [6.07, 6.45) is 2.94. The second-order valence-corrected chi connectivity index (χ2v) is 8.85. The van der Waals surface area contributed by atoms with Crippen molar-refractivity contribution < 1.29 is 9.59 Å². The summed E-state index contributed by atoms with van der Waals surface area (Å²) in [5.41, 5.74) is 1.11. The molecule has 2 amide bonds. The lowest BCUT2D eigenvalue weighted by atomic mass is 10.1. The van der Waals surface area contributed by atoms with Crippen LogP contribution in [0.4, 0.5) is 0 Å². The predicted molar refractivity (Wildman–Crippen MR) is 114 cm³/mol. The van der Waals surface area contributed by atoms with Gasteiger partial charge >= 0.3 is 0 Å². The number of thiophene rings is 1. The van der Waals surface area contributed by atoms with Crippen molar-refractivity contribution in [1.82, 2.24) is 9.80 Å². The van der Waals surface area contributed by atoms with E-state index in [-0.39, 0.29) is 24.3 Å². The number of nitrogens with zero attached hydrogens (tertiary/aromatic N) is 2. The van der Waals surface area contributed by atoms with Crippen LogP contribution < -0.4 is 0 Å². The van der Waals surface area contributed by atoms with E-state index in [1.807, 2.05) is 46.7 Å². The number of carbonyl (C=O) groups is 2. The van der Waals surface area contributed by atoms with Crippen LogP contribution in [0.2, 0.25) is 0 Å². The molecular formula is C23H30N2O2S. The maximum absolute atomic E-state index is 13.2. The Hall–Kier alpha value is -2.14. The van der Waals surface area contributed by atoms with Gasteiger partial charge in [-0.1, -0.05) is 56.7 Å². The highest BCUT2D eigenvalue weighted by Crippen LogP contribution is 2.31. The van der Waals surface area contributed by atoms with Gasteiger partial charge in [-0.2, -0.15) is 0 Å². The number of rotatable bonds is 10. The minimum atomic E-state index is 0.0227. The van der Waals surface area contributed by atoms with Crippen molar-refractivity contribution in [2.45, 2.75) is 46.2 Å². The van der Waals surface area contributed by atoms with Crippen LogP contribution >= 0.6 is 11.3 Å². The molecule has 1 heterocycles. The van der Waals surface area contributed by atoms with Crippen molar-refractivity contribution in [3.05, 3.63) is 58.3 Å². The van der Waals surface area contributed by atoms with E-state index in [1.165, 1.54) is 0 Å².